The molecule has 2 amide bonds. The van der Waals surface area contributed by atoms with Crippen LogP contribution in [0.1, 0.15) is 39.5 Å². The Hall–Kier alpha value is -2.72. The fourth-order valence-electron chi connectivity index (χ4n) is 5.27. The van der Waals surface area contributed by atoms with Crippen molar-refractivity contribution in [2.45, 2.75) is 63.3 Å². The Balaban J connectivity index is 1.34. The molecule has 1 saturated heterocycles. The number of hydrogen-bond donors (Lipinski definition) is 4. The number of aliphatic hydroxyl groups excluding tert-OH is 1. The van der Waals surface area contributed by atoms with E-state index in [1.807, 2.05) is 30.9 Å². The zero-order valence-corrected chi connectivity index (χ0v) is 21.3. The van der Waals surface area contributed by atoms with Gasteiger partial charge in [0.15, 0.2) is 0 Å². The van der Waals surface area contributed by atoms with Gasteiger partial charge in [-0.15, -0.1) is 0 Å². The molecule has 1 aliphatic carbocycles. The van der Waals surface area contributed by atoms with Crippen LogP contribution >= 0.6 is 11.6 Å². The van der Waals surface area contributed by atoms with Crippen LogP contribution in [0.15, 0.2) is 30.6 Å². The highest BCUT2D eigenvalue weighted by molar-refractivity contribution is 6.33. The van der Waals surface area contributed by atoms with Crippen molar-refractivity contribution < 1.29 is 19.4 Å². The second-order valence-electron chi connectivity index (χ2n) is 10.5. The molecule has 1 aliphatic heterocycles. The Morgan fingerprint density at radius 3 is 2.81 bits per heavy atom. The van der Waals surface area contributed by atoms with Crippen molar-refractivity contribution in [3.63, 3.8) is 0 Å². The van der Waals surface area contributed by atoms with Gasteiger partial charge < -0.3 is 25.5 Å². The number of halogens is 1. The van der Waals surface area contributed by atoms with Crippen molar-refractivity contribution >= 4 is 50.9 Å². The molecule has 0 bridgehead atoms. The maximum absolute atomic E-state index is 13.5. The zero-order valence-electron chi connectivity index (χ0n) is 20.5. The van der Waals surface area contributed by atoms with Crippen LogP contribution in [0.2, 0.25) is 5.02 Å². The Kier molecular flexibility index (Phi) is 6.91. The number of pyridine rings is 1. The van der Waals surface area contributed by atoms with Gasteiger partial charge in [0, 0.05) is 34.6 Å². The van der Waals surface area contributed by atoms with Crippen molar-refractivity contribution in [1.29, 1.82) is 0 Å². The minimum Gasteiger partial charge on any atom is -0.393 e. The van der Waals surface area contributed by atoms with Crippen LogP contribution in [0.5, 0.6) is 0 Å². The summed E-state index contributed by atoms with van der Waals surface area (Å²) < 4.78 is 5.97. The van der Waals surface area contributed by atoms with Crippen molar-refractivity contribution in [3.8, 4) is 0 Å². The van der Waals surface area contributed by atoms with Crippen LogP contribution in [-0.2, 0) is 14.3 Å². The normalized spacial score (nSPS) is 24.6. The molecule has 1 saturated carbocycles. The monoisotopic (exact) mass is 513 g/mol. The van der Waals surface area contributed by atoms with E-state index in [2.05, 4.69) is 20.6 Å². The molecule has 0 radical (unpaired) electrons. The number of aliphatic hydroxyl groups is 1. The molecule has 5 rings (SSSR count). The van der Waals surface area contributed by atoms with E-state index in [0.29, 0.717) is 30.1 Å². The smallest absolute Gasteiger partial charge is 0.244 e. The van der Waals surface area contributed by atoms with Crippen LogP contribution in [-0.4, -0.2) is 75.3 Å². The Labute approximate surface area is 214 Å². The van der Waals surface area contributed by atoms with E-state index in [1.54, 1.807) is 18.5 Å². The van der Waals surface area contributed by atoms with Gasteiger partial charge in [0.05, 0.1) is 47.8 Å². The number of anilines is 1. The summed E-state index contributed by atoms with van der Waals surface area (Å²) in [6.45, 7) is 4.60. The van der Waals surface area contributed by atoms with Gasteiger partial charge >= 0.3 is 0 Å². The standard InChI is InChI=1S/C26H32ClN5O4/c1-26(2)14-32(12-23(34)29-16-3-5-17(33)6-4-16)22(13-36-26)25(35)31-20-10-15(27)9-19-18-7-8-28-11-21(18)30-24(19)20/h7-11,16-17,22,30,33H,3-6,12-14H2,1-2H3,(H,29,34)(H,31,35). The molecular formula is C26H32ClN5O4. The van der Waals surface area contributed by atoms with Gasteiger partial charge in [-0.2, -0.15) is 0 Å². The number of morpholine rings is 1. The third kappa shape index (κ3) is 5.34. The van der Waals surface area contributed by atoms with Crippen LogP contribution < -0.4 is 10.6 Å². The number of H-pyrrole nitrogens is 1. The molecule has 9 nitrogen and oxygen atoms in total. The third-order valence-corrected chi connectivity index (χ3v) is 7.32. The first kappa shape index (κ1) is 25.0. The number of nitrogens with zero attached hydrogens (tertiary/aromatic N) is 2. The predicted octanol–water partition coefficient (Wildman–Crippen LogP) is 3.21. The van der Waals surface area contributed by atoms with E-state index in [0.717, 1.165) is 34.6 Å². The van der Waals surface area contributed by atoms with Crippen LogP contribution in [0.25, 0.3) is 21.8 Å². The van der Waals surface area contributed by atoms with Crippen molar-refractivity contribution in [2.24, 2.45) is 0 Å². The number of benzene rings is 1. The Morgan fingerprint density at radius 1 is 1.25 bits per heavy atom. The zero-order chi connectivity index (χ0) is 25.4. The molecule has 192 valence electrons. The summed E-state index contributed by atoms with van der Waals surface area (Å²) in [6.07, 6.45) is 6.08. The molecule has 2 aromatic heterocycles. The lowest BCUT2D eigenvalue weighted by atomic mass is 9.93. The molecular weight excluding hydrogens is 482 g/mol. The lowest BCUT2D eigenvalue weighted by Gasteiger charge is -2.42. The number of ether oxygens (including phenoxy) is 1. The van der Waals surface area contributed by atoms with Crippen LogP contribution in [0.3, 0.4) is 0 Å². The predicted molar refractivity (Wildman–Crippen MR) is 139 cm³/mol. The summed E-state index contributed by atoms with van der Waals surface area (Å²) in [5.74, 6) is -0.389. The maximum Gasteiger partial charge on any atom is 0.244 e. The average molecular weight is 514 g/mol. The van der Waals surface area contributed by atoms with Crippen LogP contribution in [0, 0.1) is 0 Å². The van der Waals surface area contributed by atoms with E-state index < -0.39 is 11.6 Å². The molecule has 4 N–H and O–H groups in total. The quantitative estimate of drug-likeness (QED) is 0.416. The van der Waals surface area contributed by atoms with Gasteiger partial charge in [-0.1, -0.05) is 11.6 Å². The molecule has 36 heavy (non-hydrogen) atoms. The van der Waals surface area contributed by atoms with Gasteiger partial charge in [-0.05, 0) is 57.7 Å². The number of aromatic amines is 1. The first-order valence-electron chi connectivity index (χ1n) is 12.4. The first-order chi connectivity index (χ1) is 17.2. The van der Waals surface area contributed by atoms with Crippen LogP contribution in [0.4, 0.5) is 5.69 Å². The van der Waals surface area contributed by atoms with E-state index in [4.69, 9.17) is 16.3 Å². The molecule has 10 heteroatoms. The molecule has 1 atom stereocenters. The highest BCUT2D eigenvalue weighted by Crippen LogP contribution is 2.33. The number of carbonyl (C=O) groups is 2. The fourth-order valence-corrected chi connectivity index (χ4v) is 5.49. The second-order valence-corrected chi connectivity index (χ2v) is 10.9. The van der Waals surface area contributed by atoms with Crippen molar-refractivity contribution in [3.05, 3.63) is 35.6 Å². The highest BCUT2D eigenvalue weighted by atomic mass is 35.5. The van der Waals surface area contributed by atoms with Crippen molar-refractivity contribution in [1.82, 2.24) is 20.2 Å². The minimum atomic E-state index is -0.642. The van der Waals surface area contributed by atoms with Gasteiger partial charge in [-0.3, -0.25) is 19.5 Å². The van der Waals surface area contributed by atoms with Crippen molar-refractivity contribution in [2.75, 3.05) is 25.0 Å². The number of aromatic nitrogens is 2. The number of fused-ring (bicyclic) bond motifs is 3. The fraction of sp³-hybridized carbons (Fsp3) is 0.500. The van der Waals surface area contributed by atoms with Gasteiger partial charge in [0.1, 0.15) is 6.04 Å². The number of carbonyl (C=O) groups excluding carboxylic acids is 2. The lowest BCUT2D eigenvalue weighted by molar-refractivity contribution is -0.147. The summed E-state index contributed by atoms with van der Waals surface area (Å²) in [6, 6.07) is 4.89. The number of nitrogens with one attached hydrogen (secondary N) is 3. The van der Waals surface area contributed by atoms with E-state index in [1.165, 1.54) is 0 Å². The average Bonchev–Trinajstić information content (AvgIpc) is 3.19. The minimum absolute atomic E-state index is 0.0541. The van der Waals surface area contributed by atoms with E-state index in [9.17, 15) is 14.7 Å². The summed E-state index contributed by atoms with van der Waals surface area (Å²) in [5, 5.41) is 18.2. The maximum atomic E-state index is 13.5. The molecule has 2 fully saturated rings. The Morgan fingerprint density at radius 2 is 2.03 bits per heavy atom. The summed E-state index contributed by atoms with van der Waals surface area (Å²) in [5.41, 5.74) is 1.69. The number of rotatable bonds is 5. The summed E-state index contributed by atoms with van der Waals surface area (Å²) in [7, 11) is 0. The summed E-state index contributed by atoms with van der Waals surface area (Å²) in [4.78, 5) is 35.8. The molecule has 2 aliphatic rings. The molecule has 0 spiro atoms. The van der Waals surface area contributed by atoms with E-state index in [-0.39, 0.29) is 37.1 Å². The van der Waals surface area contributed by atoms with E-state index >= 15 is 0 Å². The molecule has 1 unspecified atom stereocenters. The highest BCUT2D eigenvalue weighted by Gasteiger charge is 2.39. The number of hydrogen-bond acceptors (Lipinski definition) is 6. The van der Waals surface area contributed by atoms with Gasteiger partial charge in [0.2, 0.25) is 11.8 Å². The Bertz CT molecular complexity index is 1280. The first-order valence-corrected chi connectivity index (χ1v) is 12.8. The largest absolute Gasteiger partial charge is 0.393 e. The third-order valence-electron chi connectivity index (χ3n) is 7.10. The molecule has 1 aromatic carbocycles. The summed E-state index contributed by atoms with van der Waals surface area (Å²) >= 11 is 6.40. The van der Waals surface area contributed by atoms with Gasteiger partial charge in [0.25, 0.3) is 0 Å². The topological polar surface area (TPSA) is 120 Å². The molecule has 3 aromatic rings. The molecule has 3 heterocycles. The second kappa shape index (κ2) is 9.97. The number of amides is 2. The lowest BCUT2D eigenvalue weighted by Crippen LogP contribution is -2.60. The SMILES string of the molecule is CC1(C)CN(CC(=O)NC2CCC(O)CC2)C(C(=O)Nc2cc(Cl)cc3c2[nH]c2cnccc23)CO1. The van der Waals surface area contributed by atoms with Gasteiger partial charge in [-0.25, -0.2) is 0 Å².